The molecule has 2 aromatic rings. The van der Waals surface area contributed by atoms with E-state index in [9.17, 15) is 0 Å². The highest BCUT2D eigenvalue weighted by molar-refractivity contribution is 7.99. The van der Waals surface area contributed by atoms with Gasteiger partial charge in [-0.25, -0.2) is 0 Å². The Balaban J connectivity index is 1.40. The third-order valence-corrected chi connectivity index (χ3v) is 5.43. The normalized spacial score (nSPS) is 13.0. The van der Waals surface area contributed by atoms with E-state index in [-0.39, 0.29) is 0 Å². The van der Waals surface area contributed by atoms with Crippen molar-refractivity contribution in [2.75, 3.05) is 45.4 Å². The summed E-state index contributed by atoms with van der Waals surface area (Å²) < 4.78 is 11.5. The van der Waals surface area contributed by atoms with Gasteiger partial charge in [-0.3, -0.25) is 0 Å². The molecule has 1 heterocycles. The fourth-order valence-corrected chi connectivity index (χ4v) is 3.53. The van der Waals surface area contributed by atoms with E-state index in [1.807, 2.05) is 54.6 Å². The van der Waals surface area contributed by atoms with Crippen LogP contribution in [0.4, 0.5) is 0 Å². The van der Waals surface area contributed by atoms with Gasteiger partial charge in [-0.05, 0) is 63.5 Å². The second-order valence-corrected chi connectivity index (χ2v) is 8.47. The van der Waals surface area contributed by atoms with Gasteiger partial charge in [-0.1, -0.05) is 30.0 Å². The van der Waals surface area contributed by atoms with Crippen LogP contribution in [0, 0.1) is 11.8 Å². The Labute approximate surface area is 189 Å². The van der Waals surface area contributed by atoms with E-state index in [0.29, 0.717) is 19.1 Å². The van der Waals surface area contributed by atoms with Crippen molar-refractivity contribution in [3.8, 4) is 17.6 Å². The second kappa shape index (κ2) is 12.8. The van der Waals surface area contributed by atoms with E-state index in [2.05, 4.69) is 41.0 Å². The quantitative estimate of drug-likeness (QED) is 0.412. The molecular weight excluding hydrogens is 406 g/mol. The molecule has 1 aliphatic heterocycles. The summed E-state index contributed by atoms with van der Waals surface area (Å²) in [7, 11) is 4.16. The summed E-state index contributed by atoms with van der Waals surface area (Å²) in [5.74, 6) is 9.58. The molecule has 2 aromatic carbocycles. The maximum absolute atomic E-state index is 5.81. The van der Waals surface area contributed by atoms with E-state index < -0.39 is 0 Å². The summed E-state index contributed by atoms with van der Waals surface area (Å²) in [5, 5.41) is 8.59. The molecule has 31 heavy (non-hydrogen) atoms. The Morgan fingerprint density at radius 1 is 1.06 bits per heavy atom. The predicted octanol–water partition coefficient (Wildman–Crippen LogP) is 4.32. The molecule has 162 valence electrons. The summed E-state index contributed by atoms with van der Waals surface area (Å²) in [6.45, 7) is 2.20. The minimum absolute atomic E-state index is 0.471. The highest BCUT2D eigenvalue weighted by atomic mass is 32.2. The lowest BCUT2D eigenvalue weighted by atomic mass is 10.1. The largest absolute Gasteiger partial charge is 0.493 e. The van der Waals surface area contributed by atoms with Crippen molar-refractivity contribution >= 4 is 23.4 Å². The molecule has 0 saturated carbocycles. The van der Waals surface area contributed by atoms with Crippen molar-refractivity contribution in [2.45, 2.75) is 12.8 Å². The van der Waals surface area contributed by atoms with Gasteiger partial charge >= 0.3 is 0 Å². The van der Waals surface area contributed by atoms with E-state index in [1.165, 1.54) is 0 Å². The average Bonchev–Trinajstić information content (AvgIpc) is 2.80. The summed E-state index contributed by atoms with van der Waals surface area (Å²) in [6, 6.07) is 17.8. The fraction of sp³-hybridized carbons (Fsp3) is 0.360. The van der Waals surface area contributed by atoms with Crippen LogP contribution in [0.25, 0.3) is 0 Å². The lowest BCUT2D eigenvalue weighted by molar-refractivity contribution is 0.344. The van der Waals surface area contributed by atoms with Crippen LogP contribution in [0.2, 0.25) is 0 Å². The zero-order valence-corrected chi connectivity index (χ0v) is 19.0. The minimum Gasteiger partial charge on any atom is -0.493 e. The number of rotatable bonds is 10. The number of benzene rings is 2. The standard InChI is InChI=1S/C25H29N3O2S/c1-28(2)16-8-4-5-9-21-12-14-22(15-13-21)25-27-26-23(19-30-25)20-31-18-17-29-24-10-6-3-7-11-24/h3,6-7,10-15H,4,8,16-20H2,1-2H3. The van der Waals surface area contributed by atoms with Crippen LogP contribution in [0.15, 0.2) is 64.8 Å². The van der Waals surface area contributed by atoms with Crippen LogP contribution in [-0.2, 0) is 4.74 Å². The monoisotopic (exact) mass is 435 g/mol. The molecule has 0 unspecified atom stereocenters. The molecule has 0 N–H and O–H groups in total. The molecule has 0 aromatic heterocycles. The molecule has 0 amide bonds. The molecule has 0 bridgehead atoms. The second-order valence-electron chi connectivity index (χ2n) is 7.36. The zero-order chi connectivity index (χ0) is 21.7. The molecule has 1 aliphatic rings. The highest BCUT2D eigenvalue weighted by Gasteiger charge is 2.12. The highest BCUT2D eigenvalue weighted by Crippen LogP contribution is 2.12. The zero-order valence-electron chi connectivity index (χ0n) is 18.2. The third-order valence-electron chi connectivity index (χ3n) is 4.44. The summed E-state index contributed by atoms with van der Waals surface area (Å²) in [4.78, 5) is 2.18. The van der Waals surface area contributed by atoms with Gasteiger partial charge in [0.25, 0.3) is 0 Å². The van der Waals surface area contributed by atoms with E-state index in [0.717, 1.165) is 53.5 Å². The van der Waals surface area contributed by atoms with Gasteiger partial charge in [0.1, 0.15) is 12.4 Å². The van der Waals surface area contributed by atoms with Gasteiger partial charge in [0.2, 0.25) is 5.90 Å². The Kier molecular flexibility index (Phi) is 9.49. The molecule has 0 spiro atoms. The van der Waals surface area contributed by atoms with E-state index >= 15 is 0 Å². The van der Waals surface area contributed by atoms with Crippen LogP contribution < -0.4 is 4.74 Å². The van der Waals surface area contributed by atoms with Crippen LogP contribution >= 0.6 is 11.8 Å². The maximum atomic E-state index is 5.81. The van der Waals surface area contributed by atoms with Crippen molar-refractivity contribution < 1.29 is 9.47 Å². The van der Waals surface area contributed by atoms with Crippen LogP contribution in [-0.4, -0.2) is 61.9 Å². The molecule has 5 nitrogen and oxygen atoms in total. The predicted molar refractivity (Wildman–Crippen MR) is 130 cm³/mol. The number of thioether (sulfide) groups is 1. The first-order valence-corrected chi connectivity index (χ1v) is 11.6. The van der Waals surface area contributed by atoms with Gasteiger partial charge in [0.15, 0.2) is 0 Å². The first-order valence-electron chi connectivity index (χ1n) is 10.5. The van der Waals surface area contributed by atoms with Gasteiger partial charge < -0.3 is 14.4 Å². The Morgan fingerprint density at radius 2 is 1.87 bits per heavy atom. The Morgan fingerprint density at radius 3 is 2.58 bits per heavy atom. The fourth-order valence-electron chi connectivity index (χ4n) is 2.81. The SMILES string of the molecule is CN(C)CCCC#Cc1ccc(C2=NN=C(CSCCOc3ccccc3)CO2)cc1. The van der Waals surface area contributed by atoms with Gasteiger partial charge in [-0.2, -0.15) is 16.9 Å². The topological polar surface area (TPSA) is 46.4 Å². The van der Waals surface area contributed by atoms with Crippen molar-refractivity contribution in [3.05, 3.63) is 65.7 Å². The van der Waals surface area contributed by atoms with Crippen molar-refractivity contribution in [2.24, 2.45) is 10.2 Å². The maximum Gasteiger partial charge on any atom is 0.241 e. The van der Waals surface area contributed by atoms with Crippen LogP contribution in [0.3, 0.4) is 0 Å². The summed E-state index contributed by atoms with van der Waals surface area (Å²) in [5.41, 5.74) is 2.86. The first-order chi connectivity index (χ1) is 15.2. The molecule has 3 rings (SSSR count). The van der Waals surface area contributed by atoms with Crippen molar-refractivity contribution in [1.29, 1.82) is 0 Å². The number of hydrogen-bond acceptors (Lipinski definition) is 6. The minimum atomic E-state index is 0.471. The number of hydrogen-bond donors (Lipinski definition) is 0. The molecule has 6 heteroatoms. The number of para-hydroxylation sites is 1. The Hall–Kier alpha value is -2.75. The molecule has 0 radical (unpaired) electrons. The van der Waals surface area contributed by atoms with Crippen molar-refractivity contribution in [1.82, 2.24) is 4.90 Å². The number of ether oxygens (including phenoxy) is 2. The number of nitrogens with zero attached hydrogens (tertiary/aromatic N) is 3. The smallest absolute Gasteiger partial charge is 0.241 e. The third kappa shape index (κ3) is 8.49. The van der Waals surface area contributed by atoms with Crippen molar-refractivity contribution in [3.63, 3.8) is 0 Å². The first kappa shape index (κ1) is 22.9. The lowest BCUT2D eigenvalue weighted by Crippen LogP contribution is -2.21. The van der Waals surface area contributed by atoms with Crippen LogP contribution in [0.5, 0.6) is 5.75 Å². The summed E-state index contributed by atoms with van der Waals surface area (Å²) >= 11 is 1.77. The average molecular weight is 436 g/mol. The molecular formula is C25H29N3O2S. The van der Waals surface area contributed by atoms with Gasteiger partial charge in [0, 0.05) is 29.1 Å². The molecule has 0 aliphatic carbocycles. The molecule has 0 atom stereocenters. The van der Waals surface area contributed by atoms with E-state index in [1.54, 1.807) is 11.8 Å². The van der Waals surface area contributed by atoms with Gasteiger partial charge in [0.05, 0.1) is 12.3 Å². The lowest BCUT2D eigenvalue weighted by Gasteiger charge is -2.14. The number of unbranched alkanes of at least 4 members (excludes halogenated alkanes) is 1. The Bertz CT molecular complexity index is 929. The van der Waals surface area contributed by atoms with Crippen LogP contribution in [0.1, 0.15) is 24.0 Å². The molecule has 0 saturated heterocycles. The van der Waals surface area contributed by atoms with E-state index in [4.69, 9.17) is 9.47 Å². The summed E-state index contributed by atoms with van der Waals surface area (Å²) in [6.07, 6.45) is 1.99. The van der Waals surface area contributed by atoms with Gasteiger partial charge in [-0.15, -0.1) is 5.10 Å². The molecule has 0 fully saturated rings.